The summed E-state index contributed by atoms with van der Waals surface area (Å²) in [6.45, 7) is 2.79. The van der Waals surface area contributed by atoms with Crippen molar-refractivity contribution in [3.63, 3.8) is 0 Å². The SMILES string of the molecule is CCOc1cccc(CO)c1OCc1ccc(Cl)s1. The van der Waals surface area contributed by atoms with Crippen LogP contribution in [0.3, 0.4) is 0 Å². The second-order valence-electron chi connectivity index (χ2n) is 3.83. The Balaban J connectivity index is 2.17. The van der Waals surface area contributed by atoms with Crippen LogP contribution in [0.15, 0.2) is 30.3 Å². The van der Waals surface area contributed by atoms with Gasteiger partial charge in [-0.15, -0.1) is 11.3 Å². The highest BCUT2D eigenvalue weighted by Crippen LogP contribution is 2.33. The van der Waals surface area contributed by atoms with Crippen LogP contribution in [-0.4, -0.2) is 11.7 Å². The Morgan fingerprint density at radius 3 is 2.68 bits per heavy atom. The van der Waals surface area contributed by atoms with Crippen LogP contribution in [0.5, 0.6) is 11.5 Å². The second kappa shape index (κ2) is 6.80. The van der Waals surface area contributed by atoms with Gasteiger partial charge in [-0.1, -0.05) is 23.7 Å². The summed E-state index contributed by atoms with van der Waals surface area (Å²) in [6.07, 6.45) is 0. The minimum atomic E-state index is -0.0819. The van der Waals surface area contributed by atoms with Gasteiger partial charge in [0.2, 0.25) is 0 Å². The number of aliphatic hydroxyl groups excluding tert-OH is 1. The van der Waals surface area contributed by atoms with Crippen LogP contribution >= 0.6 is 22.9 Å². The number of hydrogen-bond donors (Lipinski definition) is 1. The molecule has 102 valence electrons. The molecule has 0 saturated heterocycles. The van der Waals surface area contributed by atoms with Crippen molar-refractivity contribution in [2.24, 2.45) is 0 Å². The molecule has 2 aromatic rings. The molecule has 2 rings (SSSR count). The molecule has 0 bridgehead atoms. The van der Waals surface area contributed by atoms with Crippen molar-refractivity contribution in [3.8, 4) is 11.5 Å². The average Bonchev–Trinajstić information content (AvgIpc) is 2.83. The number of para-hydroxylation sites is 1. The van der Waals surface area contributed by atoms with Crippen LogP contribution in [0.25, 0.3) is 0 Å². The number of aliphatic hydroxyl groups is 1. The molecule has 1 aromatic heterocycles. The van der Waals surface area contributed by atoms with Gasteiger partial charge >= 0.3 is 0 Å². The summed E-state index contributed by atoms with van der Waals surface area (Å²) in [4.78, 5) is 1.03. The van der Waals surface area contributed by atoms with E-state index in [4.69, 9.17) is 21.1 Å². The van der Waals surface area contributed by atoms with Crippen molar-refractivity contribution in [1.82, 2.24) is 0 Å². The Bertz CT molecular complexity index is 539. The zero-order valence-corrected chi connectivity index (χ0v) is 12.1. The summed E-state index contributed by atoms with van der Waals surface area (Å²) in [5.41, 5.74) is 0.716. The minimum Gasteiger partial charge on any atom is -0.490 e. The number of ether oxygens (including phenoxy) is 2. The Kier molecular flexibility index (Phi) is 5.07. The zero-order valence-electron chi connectivity index (χ0n) is 10.6. The van der Waals surface area contributed by atoms with Gasteiger partial charge in [0.25, 0.3) is 0 Å². The van der Waals surface area contributed by atoms with Crippen molar-refractivity contribution in [3.05, 3.63) is 45.1 Å². The van der Waals surface area contributed by atoms with Gasteiger partial charge in [-0.25, -0.2) is 0 Å². The van der Waals surface area contributed by atoms with Gasteiger partial charge in [0.1, 0.15) is 6.61 Å². The molecule has 0 saturated carbocycles. The summed E-state index contributed by atoms with van der Waals surface area (Å²) in [6, 6.07) is 9.26. The lowest BCUT2D eigenvalue weighted by molar-refractivity contribution is 0.244. The lowest BCUT2D eigenvalue weighted by atomic mass is 10.2. The standard InChI is InChI=1S/C14H15ClO3S/c1-2-17-12-5-3-4-10(8-16)14(12)18-9-11-6-7-13(15)19-11/h3-7,16H,2,8-9H2,1H3. The smallest absolute Gasteiger partial charge is 0.167 e. The van der Waals surface area contributed by atoms with Crippen molar-refractivity contribution in [1.29, 1.82) is 0 Å². The first-order valence-corrected chi connectivity index (χ1v) is 7.16. The number of hydrogen-bond acceptors (Lipinski definition) is 4. The van der Waals surface area contributed by atoms with Gasteiger partial charge in [0, 0.05) is 10.4 Å². The number of rotatable bonds is 6. The van der Waals surface area contributed by atoms with E-state index in [2.05, 4.69) is 0 Å². The van der Waals surface area contributed by atoms with E-state index in [-0.39, 0.29) is 6.61 Å². The topological polar surface area (TPSA) is 38.7 Å². The molecule has 0 radical (unpaired) electrons. The predicted molar refractivity (Wildman–Crippen MR) is 77.2 cm³/mol. The monoisotopic (exact) mass is 298 g/mol. The molecule has 19 heavy (non-hydrogen) atoms. The van der Waals surface area contributed by atoms with Crippen molar-refractivity contribution < 1.29 is 14.6 Å². The van der Waals surface area contributed by atoms with Gasteiger partial charge in [0.05, 0.1) is 17.6 Å². The van der Waals surface area contributed by atoms with E-state index < -0.39 is 0 Å². The van der Waals surface area contributed by atoms with Crippen LogP contribution in [0.4, 0.5) is 0 Å². The first-order valence-electron chi connectivity index (χ1n) is 5.97. The molecule has 1 aromatic carbocycles. The summed E-state index contributed by atoms with van der Waals surface area (Å²) in [5.74, 6) is 1.24. The van der Waals surface area contributed by atoms with E-state index in [0.29, 0.717) is 30.3 Å². The van der Waals surface area contributed by atoms with E-state index in [1.54, 1.807) is 0 Å². The molecule has 0 spiro atoms. The van der Waals surface area contributed by atoms with Gasteiger partial charge in [-0.05, 0) is 25.1 Å². The second-order valence-corrected chi connectivity index (χ2v) is 5.63. The molecule has 0 fully saturated rings. The van der Waals surface area contributed by atoms with Crippen molar-refractivity contribution >= 4 is 22.9 Å². The molecule has 0 aliphatic carbocycles. The molecule has 0 aliphatic rings. The van der Waals surface area contributed by atoms with Crippen LogP contribution in [-0.2, 0) is 13.2 Å². The maximum Gasteiger partial charge on any atom is 0.167 e. The van der Waals surface area contributed by atoms with Crippen molar-refractivity contribution in [2.45, 2.75) is 20.1 Å². The Morgan fingerprint density at radius 1 is 1.21 bits per heavy atom. The lowest BCUT2D eigenvalue weighted by Crippen LogP contribution is -2.01. The molecule has 5 heteroatoms. The van der Waals surface area contributed by atoms with E-state index in [9.17, 15) is 5.11 Å². The number of halogens is 1. The minimum absolute atomic E-state index is 0.0819. The summed E-state index contributed by atoms with van der Waals surface area (Å²) >= 11 is 7.36. The molecular formula is C14H15ClO3S. The van der Waals surface area contributed by atoms with Crippen LogP contribution in [0.1, 0.15) is 17.4 Å². The van der Waals surface area contributed by atoms with Crippen LogP contribution in [0.2, 0.25) is 4.34 Å². The number of benzene rings is 1. The van der Waals surface area contributed by atoms with Gasteiger partial charge in [0.15, 0.2) is 11.5 Å². The largest absolute Gasteiger partial charge is 0.490 e. The zero-order chi connectivity index (χ0) is 13.7. The summed E-state index contributed by atoms with van der Waals surface area (Å²) in [7, 11) is 0. The fourth-order valence-corrected chi connectivity index (χ4v) is 2.69. The maximum absolute atomic E-state index is 9.36. The van der Waals surface area contributed by atoms with Crippen LogP contribution in [0, 0.1) is 0 Å². The molecule has 3 nitrogen and oxygen atoms in total. The Morgan fingerprint density at radius 2 is 2.05 bits per heavy atom. The highest BCUT2D eigenvalue weighted by Gasteiger charge is 2.11. The van der Waals surface area contributed by atoms with E-state index in [0.717, 1.165) is 9.21 Å². The fourth-order valence-electron chi connectivity index (χ4n) is 1.69. The maximum atomic E-state index is 9.36. The third-order valence-electron chi connectivity index (χ3n) is 2.52. The predicted octanol–water partition coefficient (Wildman–Crippen LogP) is 3.87. The van der Waals surface area contributed by atoms with Gasteiger partial charge in [-0.3, -0.25) is 0 Å². The molecule has 1 N–H and O–H groups in total. The molecular weight excluding hydrogens is 284 g/mol. The van der Waals surface area contributed by atoms with Gasteiger partial charge in [-0.2, -0.15) is 0 Å². The molecule has 0 amide bonds. The van der Waals surface area contributed by atoms with Crippen molar-refractivity contribution in [2.75, 3.05) is 6.61 Å². The quantitative estimate of drug-likeness (QED) is 0.880. The fraction of sp³-hybridized carbons (Fsp3) is 0.286. The highest BCUT2D eigenvalue weighted by molar-refractivity contribution is 7.16. The lowest BCUT2D eigenvalue weighted by Gasteiger charge is -2.14. The number of thiophene rings is 1. The highest BCUT2D eigenvalue weighted by atomic mass is 35.5. The Hall–Kier alpha value is -1.23. The van der Waals surface area contributed by atoms with E-state index in [1.807, 2.05) is 37.3 Å². The molecule has 1 heterocycles. The average molecular weight is 299 g/mol. The van der Waals surface area contributed by atoms with E-state index >= 15 is 0 Å². The third kappa shape index (κ3) is 3.62. The van der Waals surface area contributed by atoms with Crippen LogP contribution < -0.4 is 9.47 Å². The first kappa shape index (κ1) is 14.2. The third-order valence-corrected chi connectivity index (χ3v) is 3.72. The molecule has 0 aliphatic heterocycles. The normalized spacial score (nSPS) is 10.5. The summed E-state index contributed by atoms with van der Waals surface area (Å²) in [5, 5.41) is 9.36. The van der Waals surface area contributed by atoms with Gasteiger partial charge < -0.3 is 14.6 Å². The van der Waals surface area contributed by atoms with E-state index in [1.165, 1.54) is 11.3 Å². The Labute approximate surface area is 121 Å². The molecule has 0 unspecified atom stereocenters. The summed E-state index contributed by atoms with van der Waals surface area (Å²) < 4.78 is 12.0. The first-order chi connectivity index (χ1) is 9.24. The molecule has 0 atom stereocenters.